The highest BCUT2D eigenvalue weighted by molar-refractivity contribution is 5.91. The van der Waals surface area contributed by atoms with Crippen LogP contribution in [0.4, 0.5) is 21.5 Å². The van der Waals surface area contributed by atoms with Gasteiger partial charge in [-0.3, -0.25) is 9.79 Å². The molecule has 0 atom stereocenters. The molecule has 2 rings (SSSR count). The maximum absolute atomic E-state index is 15.4. The molecule has 2 aromatic carbocycles. The second-order valence-corrected chi connectivity index (χ2v) is 9.85. The van der Waals surface area contributed by atoms with Gasteiger partial charge >= 0.3 is 0 Å². The molecule has 0 aliphatic carbocycles. The van der Waals surface area contributed by atoms with E-state index in [0.29, 0.717) is 42.3 Å². The van der Waals surface area contributed by atoms with Crippen LogP contribution in [0.1, 0.15) is 66.4 Å². The molecule has 2 aromatic rings. The lowest BCUT2D eigenvalue weighted by molar-refractivity contribution is -0.116. The van der Waals surface area contributed by atoms with Crippen molar-refractivity contribution in [2.75, 3.05) is 31.0 Å². The number of hydrogen-bond acceptors (Lipinski definition) is 5. The number of aliphatic imine (C=N–C) groups is 1. The number of anilines is 2. The number of rotatable bonds is 12. The van der Waals surface area contributed by atoms with Crippen LogP contribution in [0, 0.1) is 11.2 Å². The van der Waals surface area contributed by atoms with E-state index in [1.54, 1.807) is 26.3 Å². The number of amides is 1. The van der Waals surface area contributed by atoms with E-state index in [4.69, 9.17) is 9.47 Å². The molecule has 0 fully saturated rings. The lowest BCUT2D eigenvalue weighted by Gasteiger charge is -2.19. The number of carbonyl (C=O) groups excluding carboxylic acids is 1. The Labute approximate surface area is 215 Å². The van der Waals surface area contributed by atoms with Gasteiger partial charge in [-0.2, -0.15) is 0 Å². The molecule has 2 N–H and O–H groups in total. The monoisotopic (exact) mass is 497 g/mol. The second kappa shape index (κ2) is 13.8. The number of nitrogens with zero attached hydrogens (tertiary/aromatic N) is 1. The molecule has 6 nitrogen and oxygen atoms in total. The highest BCUT2D eigenvalue weighted by atomic mass is 19.1. The summed E-state index contributed by atoms with van der Waals surface area (Å²) in [7, 11) is 1.59. The van der Waals surface area contributed by atoms with Crippen molar-refractivity contribution in [3.63, 3.8) is 0 Å². The normalized spacial score (nSPS) is 12.4. The Bertz CT molecular complexity index is 1070. The first-order chi connectivity index (χ1) is 17.1. The Hall–Kier alpha value is -3.19. The predicted molar refractivity (Wildman–Crippen MR) is 148 cm³/mol. The highest BCUT2D eigenvalue weighted by Gasteiger charge is 2.18. The van der Waals surface area contributed by atoms with Crippen molar-refractivity contribution in [2.24, 2.45) is 10.4 Å². The Balaban J connectivity index is 2.29. The lowest BCUT2D eigenvalue weighted by atomic mass is 9.90. The van der Waals surface area contributed by atoms with E-state index in [-0.39, 0.29) is 11.3 Å². The molecule has 0 aliphatic heterocycles. The van der Waals surface area contributed by atoms with Crippen molar-refractivity contribution in [2.45, 2.75) is 60.8 Å². The summed E-state index contributed by atoms with van der Waals surface area (Å²) in [5.41, 5.74) is 4.09. The van der Waals surface area contributed by atoms with Gasteiger partial charge < -0.3 is 20.1 Å². The number of ether oxygens (including phenoxy) is 2. The van der Waals surface area contributed by atoms with Crippen LogP contribution in [0.25, 0.3) is 5.70 Å². The largest absolute Gasteiger partial charge is 0.491 e. The first-order valence-corrected chi connectivity index (χ1v) is 12.4. The van der Waals surface area contributed by atoms with Crippen LogP contribution >= 0.6 is 0 Å². The van der Waals surface area contributed by atoms with E-state index in [1.807, 2.05) is 38.1 Å². The van der Waals surface area contributed by atoms with E-state index in [2.05, 4.69) is 36.4 Å². The van der Waals surface area contributed by atoms with Gasteiger partial charge in [-0.05, 0) is 61.9 Å². The molecule has 0 saturated heterocycles. The molecule has 0 saturated carbocycles. The van der Waals surface area contributed by atoms with Gasteiger partial charge in [-0.25, -0.2) is 4.39 Å². The topological polar surface area (TPSA) is 72.0 Å². The smallest absolute Gasteiger partial charge is 0.224 e. The number of nitrogens with one attached hydrogen (secondary N) is 2. The Morgan fingerprint density at radius 1 is 1.08 bits per heavy atom. The van der Waals surface area contributed by atoms with Crippen LogP contribution < -0.4 is 15.4 Å². The van der Waals surface area contributed by atoms with Gasteiger partial charge in [0.15, 0.2) is 0 Å². The second-order valence-electron chi connectivity index (χ2n) is 9.85. The summed E-state index contributed by atoms with van der Waals surface area (Å²) >= 11 is 0. The Morgan fingerprint density at radius 3 is 2.28 bits per heavy atom. The molecule has 36 heavy (non-hydrogen) atoms. The summed E-state index contributed by atoms with van der Waals surface area (Å²) in [5.74, 6) is -0.0394. The average Bonchev–Trinajstić information content (AvgIpc) is 2.82. The van der Waals surface area contributed by atoms with E-state index in [1.165, 1.54) is 6.07 Å². The summed E-state index contributed by atoms with van der Waals surface area (Å²) < 4.78 is 26.1. The standard InChI is InChI=1S/C29H40FN3O3/c1-8-20(3)28(27-24(30)18-23(36-17-16-35-7)19-25(27)31-9-2)33-22-12-10-21(11-13-22)32-26(34)14-15-29(4,5)6/h9-13,18-19,33H,8,14-17H2,1-7H3,(H,32,34)/b28-20-,31-9?. The van der Waals surface area contributed by atoms with E-state index in [0.717, 1.165) is 29.8 Å². The van der Waals surface area contributed by atoms with E-state index in [9.17, 15) is 4.79 Å². The molecule has 0 spiro atoms. The zero-order valence-electron chi connectivity index (χ0n) is 22.6. The molecule has 0 aromatic heterocycles. The molecule has 0 radical (unpaired) electrons. The molecule has 7 heteroatoms. The lowest BCUT2D eigenvalue weighted by Crippen LogP contribution is -2.15. The Morgan fingerprint density at radius 2 is 1.72 bits per heavy atom. The van der Waals surface area contributed by atoms with Crippen LogP contribution in [0.15, 0.2) is 47.0 Å². The van der Waals surface area contributed by atoms with Crippen LogP contribution in [0.5, 0.6) is 5.75 Å². The molecule has 0 heterocycles. The van der Waals surface area contributed by atoms with Gasteiger partial charge in [0.25, 0.3) is 0 Å². The molecule has 0 aliphatic rings. The first kappa shape index (κ1) is 29.0. The SMILES string of the molecule is CC=Nc1cc(OCCOC)cc(F)c1/C(Nc1ccc(NC(=O)CCC(C)(C)C)cc1)=C(\C)CC. The Kier molecular flexibility index (Phi) is 11.1. The zero-order chi connectivity index (χ0) is 26.7. The van der Waals surface area contributed by atoms with Gasteiger partial charge in [0, 0.05) is 48.9 Å². The van der Waals surface area contributed by atoms with Crippen molar-refractivity contribution in [3.05, 3.63) is 53.4 Å². The van der Waals surface area contributed by atoms with Crippen molar-refractivity contribution in [1.29, 1.82) is 0 Å². The first-order valence-electron chi connectivity index (χ1n) is 12.4. The number of benzene rings is 2. The van der Waals surface area contributed by atoms with Crippen molar-refractivity contribution in [3.8, 4) is 5.75 Å². The molecule has 0 bridgehead atoms. The van der Waals surface area contributed by atoms with E-state index < -0.39 is 5.82 Å². The highest BCUT2D eigenvalue weighted by Crippen LogP contribution is 2.36. The zero-order valence-corrected chi connectivity index (χ0v) is 22.6. The minimum absolute atomic E-state index is 0.00926. The summed E-state index contributed by atoms with van der Waals surface area (Å²) in [6, 6.07) is 10.5. The van der Waals surface area contributed by atoms with Crippen LogP contribution in [-0.4, -0.2) is 32.4 Å². The fraction of sp³-hybridized carbons (Fsp3) is 0.448. The fourth-order valence-electron chi connectivity index (χ4n) is 3.44. The van der Waals surface area contributed by atoms with Crippen LogP contribution in [0.3, 0.4) is 0 Å². The minimum Gasteiger partial charge on any atom is -0.491 e. The van der Waals surface area contributed by atoms with Crippen molar-refractivity contribution < 1.29 is 18.7 Å². The quantitative estimate of drug-likeness (QED) is 0.234. The maximum Gasteiger partial charge on any atom is 0.224 e. The van der Waals surface area contributed by atoms with Crippen molar-refractivity contribution in [1.82, 2.24) is 0 Å². The summed E-state index contributed by atoms with van der Waals surface area (Å²) in [5, 5.41) is 6.32. The third-order valence-electron chi connectivity index (χ3n) is 5.61. The van der Waals surface area contributed by atoms with E-state index >= 15 is 4.39 Å². The number of halogens is 1. The number of hydrogen-bond donors (Lipinski definition) is 2. The maximum atomic E-state index is 15.4. The summed E-state index contributed by atoms with van der Waals surface area (Å²) in [6.07, 6.45) is 3.64. The number of allylic oxidation sites excluding steroid dienone is 1. The van der Waals surface area contributed by atoms with Gasteiger partial charge in [-0.1, -0.05) is 27.7 Å². The number of methoxy groups -OCH3 is 1. The fourth-order valence-corrected chi connectivity index (χ4v) is 3.44. The van der Waals surface area contributed by atoms with Gasteiger partial charge in [0.05, 0.1) is 17.9 Å². The van der Waals surface area contributed by atoms with Gasteiger partial charge in [0.2, 0.25) is 5.91 Å². The average molecular weight is 498 g/mol. The summed E-state index contributed by atoms with van der Waals surface area (Å²) in [4.78, 5) is 16.7. The molecular weight excluding hydrogens is 457 g/mol. The third-order valence-corrected chi connectivity index (χ3v) is 5.61. The van der Waals surface area contributed by atoms with Gasteiger partial charge in [0.1, 0.15) is 18.2 Å². The van der Waals surface area contributed by atoms with Gasteiger partial charge in [-0.15, -0.1) is 0 Å². The van der Waals surface area contributed by atoms with Crippen LogP contribution in [0.2, 0.25) is 0 Å². The predicted octanol–water partition coefficient (Wildman–Crippen LogP) is 7.59. The molecular formula is C29H40FN3O3. The molecule has 196 valence electrons. The number of carbonyl (C=O) groups is 1. The summed E-state index contributed by atoms with van der Waals surface area (Å²) in [6.45, 7) is 12.9. The minimum atomic E-state index is -0.427. The van der Waals surface area contributed by atoms with Crippen molar-refractivity contribution >= 4 is 34.9 Å². The van der Waals surface area contributed by atoms with Crippen LogP contribution in [-0.2, 0) is 9.53 Å². The third kappa shape index (κ3) is 9.11. The molecule has 0 unspecified atom stereocenters. The molecule has 1 amide bonds.